The molecule has 0 rings (SSSR count). The average Bonchev–Trinajstić information content (AvgIpc) is 2.11. The molecule has 0 aliphatic heterocycles. The Balaban J connectivity index is 3.53. The van der Waals surface area contributed by atoms with Crippen LogP contribution in [0.4, 0.5) is 0 Å². The van der Waals surface area contributed by atoms with E-state index in [0.717, 1.165) is 12.8 Å². The van der Waals surface area contributed by atoms with Crippen LogP contribution in [0.25, 0.3) is 0 Å². The Morgan fingerprint density at radius 3 is 2.46 bits per heavy atom. The summed E-state index contributed by atoms with van der Waals surface area (Å²) in [5.74, 6) is 0. The lowest BCUT2D eigenvalue weighted by Crippen LogP contribution is -1.93. The number of unbranched alkanes of at least 4 members (excludes halogenated alkanes) is 4. The fraction of sp³-hybridized carbons (Fsp3) is 0.778. The van der Waals surface area contributed by atoms with Gasteiger partial charge in [-0.25, -0.2) is 8.42 Å². The molecular weight excluding hydrogens is 252 g/mol. The third-order valence-corrected chi connectivity index (χ3v) is 4.51. The van der Waals surface area contributed by atoms with Crippen LogP contribution < -0.4 is 0 Å². The van der Waals surface area contributed by atoms with Crippen LogP contribution in [0.15, 0.2) is 11.5 Å². The monoisotopic (exact) mass is 268 g/mol. The van der Waals surface area contributed by atoms with E-state index in [9.17, 15) is 8.42 Å². The standard InChI is InChI=1S/C9H17BrO2S/c1-2-3-4-5-6-7-8-13(11,12)9-10/h7-8H,2-6,9H2,1H3/b8-7+. The van der Waals surface area contributed by atoms with Crippen LogP contribution in [-0.2, 0) is 9.84 Å². The molecule has 0 radical (unpaired) electrons. The second kappa shape index (κ2) is 7.56. The topological polar surface area (TPSA) is 34.1 Å². The maximum atomic E-state index is 11.0. The number of alkyl halides is 1. The van der Waals surface area contributed by atoms with Gasteiger partial charge in [-0.2, -0.15) is 0 Å². The van der Waals surface area contributed by atoms with Gasteiger partial charge in [-0.1, -0.05) is 48.2 Å². The van der Waals surface area contributed by atoms with Crippen LogP contribution in [0.3, 0.4) is 0 Å². The Bertz CT molecular complexity index is 232. The number of hydrogen-bond acceptors (Lipinski definition) is 2. The van der Waals surface area contributed by atoms with E-state index in [1.54, 1.807) is 6.08 Å². The van der Waals surface area contributed by atoms with Gasteiger partial charge in [0.25, 0.3) is 0 Å². The molecule has 0 spiro atoms. The van der Waals surface area contributed by atoms with E-state index in [2.05, 4.69) is 22.9 Å². The highest BCUT2D eigenvalue weighted by Crippen LogP contribution is 2.05. The Labute approximate surface area is 89.5 Å². The Morgan fingerprint density at radius 1 is 1.23 bits per heavy atom. The van der Waals surface area contributed by atoms with Gasteiger partial charge in [0.2, 0.25) is 0 Å². The molecule has 0 aliphatic carbocycles. The zero-order valence-corrected chi connectivity index (χ0v) is 10.4. The van der Waals surface area contributed by atoms with E-state index in [0.29, 0.717) is 0 Å². The third kappa shape index (κ3) is 8.50. The van der Waals surface area contributed by atoms with Crippen molar-refractivity contribution in [1.29, 1.82) is 0 Å². The average molecular weight is 269 g/mol. The van der Waals surface area contributed by atoms with Crippen molar-refractivity contribution in [3.8, 4) is 0 Å². The lowest BCUT2D eigenvalue weighted by atomic mass is 10.2. The van der Waals surface area contributed by atoms with E-state index in [4.69, 9.17) is 0 Å². The summed E-state index contributed by atoms with van der Waals surface area (Å²) in [6.07, 6.45) is 7.33. The van der Waals surface area contributed by atoms with Crippen molar-refractivity contribution in [1.82, 2.24) is 0 Å². The number of halogens is 1. The molecular formula is C9H17BrO2S. The summed E-state index contributed by atoms with van der Waals surface area (Å²) in [7, 11) is -2.98. The molecule has 0 saturated carbocycles. The predicted octanol–water partition coefficient (Wildman–Crippen LogP) is 3.24. The molecule has 0 bridgehead atoms. The van der Waals surface area contributed by atoms with E-state index < -0.39 is 9.84 Å². The minimum absolute atomic E-state index is 0.0193. The Kier molecular flexibility index (Phi) is 7.66. The minimum atomic E-state index is -2.98. The second-order valence-electron chi connectivity index (χ2n) is 2.99. The fourth-order valence-electron chi connectivity index (χ4n) is 0.940. The molecule has 0 atom stereocenters. The molecule has 0 saturated heterocycles. The summed E-state index contributed by atoms with van der Waals surface area (Å²) in [4.78, 5) is 0. The smallest absolute Gasteiger partial charge is 0.181 e. The van der Waals surface area contributed by atoms with Crippen molar-refractivity contribution in [2.75, 3.05) is 4.66 Å². The summed E-state index contributed by atoms with van der Waals surface area (Å²) in [5.41, 5.74) is 0. The lowest BCUT2D eigenvalue weighted by Gasteiger charge is -1.94. The highest BCUT2D eigenvalue weighted by atomic mass is 79.9. The van der Waals surface area contributed by atoms with Gasteiger partial charge < -0.3 is 0 Å². The Morgan fingerprint density at radius 2 is 1.92 bits per heavy atom. The number of allylic oxidation sites excluding steroid dienone is 1. The fourth-order valence-corrected chi connectivity index (χ4v) is 1.90. The maximum Gasteiger partial charge on any atom is 0.181 e. The molecule has 0 aromatic carbocycles. The summed E-state index contributed by atoms with van der Waals surface area (Å²) >= 11 is 2.93. The van der Waals surface area contributed by atoms with Gasteiger partial charge >= 0.3 is 0 Å². The predicted molar refractivity (Wildman–Crippen MR) is 60.6 cm³/mol. The molecule has 4 heteroatoms. The van der Waals surface area contributed by atoms with Gasteiger partial charge in [0.1, 0.15) is 4.66 Å². The Hall–Kier alpha value is 0.170. The second-order valence-corrected chi connectivity index (χ2v) is 6.18. The highest BCUT2D eigenvalue weighted by molar-refractivity contribution is 9.10. The van der Waals surface area contributed by atoms with Gasteiger partial charge in [-0.15, -0.1) is 0 Å². The first-order valence-corrected chi connectivity index (χ1v) is 7.41. The zero-order valence-electron chi connectivity index (χ0n) is 8.00. The van der Waals surface area contributed by atoms with Gasteiger partial charge in [0, 0.05) is 5.41 Å². The molecule has 78 valence electrons. The summed E-state index contributed by atoms with van der Waals surface area (Å²) in [6, 6.07) is 0. The van der Waals surface area contributed by atoms with E-state index in [-0.39, 0.29) is 4.66 Å². The van der Waals surface area contributed by atoms with Crippen molar-refractivity contribution in [2.45, 2.75) is 39.0 Å². The molecule has 0 aliphatic rings. The van der Waals surface area contributed by atoms with Gasteiger partial charge in [-0.3, -0.25) is 0 Å². The van der Waals surface area contributed by atoms with Gasteiger partial charge in [0.15, 0.2) is 9.84 Å². The van der Waals surface area contributed by atoms with Crippen molar-refractivity contribution >= 4 is 25.8 Å². The summed E-state index contributed by atoms with van der Waals surface area (Å²) in [5, 5.41) is 1.30. The molecule has 2 nitrogen and oxygen atoms in total. The first-order valence-electron chi connectivity index (χ1n) is 4.57. The van der Waals surface area contributed by atoms with Crippen molar-refractivity contribution in [3.05, 3.63) is 11.5 Å². The summed E-state index contributed by atoms with van der Waals surface area (Å²) in [6.45, 7) is 2.16. The molecule has 0 aromatic heterocycles. The first kappa shape index (κ1) is 13.2. The van der Waals surface area contributed by atoms with Crippen LogP contribution in [-0.4, -0.2) is 13.1 Å². The molecule has 0 heterocycles. The SMILES string of the molecule is CCCCCC/C=C/S(=O)(=O)CBr. The van der Waals surface area contributed by atoms with E-state index in [1.165, 1.54) is 24.7 Å². The van der Waals surface area contributed by atoms with Crippen molar-refractivity contribution < 1.29 is 8.42 Å². The van der Waals surface area contributed by atoms with Gasteiger partial charge in [0.05, 0.1) is 0 Å². The largest absolute Gasteiger partial charge is 0.223 e. The molecule has 0 amide bonds. The van der Waals surface area contributed by atoms with Crippen molar-refractivity contribution in [3.63, 3.8) is 0 Å². The highest BCUT2D eigenvalue weighted by Gasteiger charge is 1.99. The normalized spacial score (nSPS) is 12.5. The zero-order chi connectivity index (χ0) is 10.2. The minimum Gasteiger partial charge on any atom is -0.223 e. The lowest BCUT2D eigenvalue weighted by molar-refractivity contribution is 0.609. The van der Waals surface area contributed by atoms with Crippen LogP contribution in [0.2, 0.25) is 0 Å². The molecule has 0 aromatic rings. The summed E-state index contributed by atoms with van der Waals surface area (Å²) < 4.78 is 21.9. The van der Waals surface area contributed by atoms with Gasteiger partial charge in [-0.05, 0) is 12.8 Å². The molecule has 0 fully saturated rings. The molecule has 13 heavy (non-hydrogen) atoms. The number of rotatable bonds is 7. The number of hydrogen-bond donors (Lipinski definition) is 0. The van der Waals surface area contributed by atoms with E-state index in [1.807, 2.05) is 0 Å². The first-order chi connectivity index (χ1) is 6.12. The van der Waals surface area contributed by atoms with Crippen LogP contribution in [0.5, 0.6) is 0 Å². The number of sulfone groups is 1. The third-order valence-electron chi connectivity index (χ3n) is 1.68. The molecule has 0 N–H and O–H groups in total. The van der Waals surface area contributed by atoms with Crippen LogP contribution >= 0.6 is 15.9 Å². The van der Waals surface area contributed by atoms with E-state index >= 15 is 0 Å². The maximum absolute atomic E-state index is 11.0. The molecule has 0 unspecified atom stereocenters. The quantitative estimate of drug-likeness (QED) is 0.525. The van der Waals surface area contributed by atoms with Crippen LogP contribution in [0.1, 0.15) is 39.0 Å². The van der Waals surface area contributed by atoms with Crippen molar-refractivity contribution in [2.24, 2.45) is 0 Å². The van der Waals surface area contributed by atoms with Crippen LogP contribution in [0, 0.1) is 0 Å².